The lowest BCUT2D eigenvalue weighted by molar-refractivity contribution is 0.0711. The molecule has 0 radical (unpaired) electrons. The molecule has 0 N–H and O–H groups in total. The molecule has 1 saturated heterocycles. The van der Waals surface area contributed by atoms with Crippen LogP contribution in [0.25, 0.3) is 0 Å². The fourth-order valence-corrected chi connectivity index (χ4v) is 4.62. The van der Waals surface area contributed by atoms with Gasteiger partial charge in [0.1, 0.15) is 18.1 Å². The molecule has 2 heterocycles. The number of nitrogens with zero attached hydrogens (tertiary/aromatic N) is 1. The lowest BCUT2D eigenvalue weighted by atomic mass is 10.2. The van der Waals surface area contributed by atoms with E-state index in [4.69, 9.17) is 9.15 Å². The summed E-state index contributed by atoms with van der Waals surface area (Å²) in [5.74, 6) is 1.29. The van der Waals surface area contributed by atoms with E-state index in [-0.39, 0.29) is 35.8 Å². The van der Waals surface area contributed by atoms with Crippen LogP contribution < -0.4 is 4.74 Å². The molecule has 0 bridgehead atoms. The van der Waals surface area contributed by atoms with E-state index in [0.717, 1.165) is 11.3 Å². The predicted molar refractivity (Wildman–Crippen MR) is 93.4 cm³/mol. The summed E-state index contributed by atoms with van der Waals surface area (Å²) in [5.41, 5.74) is 1.10. The van der Waals surface area contributed by atoms with Crippen molar-refractivity contribution < 1.29 is 22.4 Å². The van der Waals surface area contributed by atoms with E-state index in [1.54, 1.807) is 19.2 Å². The van der Waals surface area contributed by atoms with E-state index in [1.165, 1.54) is 4.90 Å². The number of sulfone groups is 1. The highest BCUT2D eigenvalue weighted by molar-refractivity contribution is 7.91. The van der Waals surface area contributed by atoms with Crippen LogP contribution in [0.15, 0.2) is 40.8 Å². The normalized spacial score (nSPS) is 18.9. The number of ether oxygens (including phenoxy) is 1. The number of furan rings is 1. The Morgan fingerprint density at radius 2 is 2.12 bits per heavy atom. The van der Waals surface area contributed by atoms with Crippen molar-refractivity contribution in [2.24, 2.45) is 0 Å². The lowest BCUT2D eigenvalue weighted by Crippen LogP contribution is -2.37. The second-order valence-electron chi connectivity index (χ2n) is 6.34. The Labute approximate surface area is 147 Å². The quantitative estimate of drug-likeness (QED) is 0.815. The van der Waals surface area contributed by atoms with Crippen molar-refractivity contribution in [2.75, 3.05) is 18.6 Å². The van der Waals surface area contributed by atoms with Gasteiger partial charge in [-0.25, -0.2) is 8.42 Å². The molecule has 1 amide bonds. The third-order valence-electron chi connectivity index (χ3n) is 4.32. The van der Waals surface area contributed by atoms with Gasteiger partial charge < -0.3 is 14.1 Å². The topological polar surface area (TPSA) is 76.8 Å². The maximum atomic E-state index is 12.5. The van der Waals surface area contributed by atoms with Crippen LogP contribution in [0.5, 0.6) is 5.75 Å². The van der Waals surface area contributed by atoms with Gasteiger partial charge in [-0.3, -0.25) is 4.79 Å². The van der Waals surface area contributed by atoms with E-state index < -0.39 is 9.84 Å². The van der Waals surface area contributed by atoms with Crippen molar-refractivity contribution in [2.45, 2.75) is 26.0 Å². The van der Waals surface area contributed by atoms with Crippen molar-refractivity contribution in [3.05, 3.63) is 53.5 Å². The summed E-state index contributed by atoms with van der Waals surface area (Å²) in [4.78, 5) is 13.9. The minimum Gasteiger partial charge on any atom is -0.486 e. The molecule has 3 rings (SSSR count). The highest BCUT2D eigenvalue weighted by atomic mass is 32.2. The van der Waals surface area contributed by atoms with Gasteiger partial charge in [0, 0.05) is 13.1 Å². The SMILES string of the molecule is Cc1cccc(OCc2ccc(C(=O)N(C)C3CCS(=O)(=O)C3)o2)c1. The Morgan fingerprint density at radius 1 is 1.32 bits per heavy atom. The van der Waals surface area contributed by atoms with Crippen LogP contribution in [0.3, 0.4) is 0 Å². The molecule has 0 saturated carbocycles. The maximum Gasteiger partial charge on any atom is 0.289 e. The first kappa shape index (κ1) is 17.5. The molecule has 7 heteroatoms. The zero-order valence-corrected chi connectivity index (χ0v) is 15.1. The number of amides is 1. The molecular weight excluding hydrogens is 342 g/mol. The molecule has 1 aliphatic rings. The molecule has 1 atom stereocenters. The molecule has 1 aliphatic heterocycles. The average Bonchev–Trinajstić information content (AvgIpc) is 3.18. The van der Waals surface area contributed by atoms with Crippen LogP contribution in [-0.4, -0.2) is 43.8 Å². The number of carbonyl (C=O) groups excluding carboxylic acids is 1. The van der Waals surface area contributed by atoms with Gasteiger partial charge in [0.15, 0.2) is 15.6 Å². The Balaban J connectivity index is 1.61. The predicted octanol–water partition coefficient (Wildman–Crippen LogP) is 2.43. The lowest BCUT2D eigenvalue weighted by Gasteiger charge is -2.22. The minimum atomic E-state index is -3.04. The second kappa shape index (κ2) is 6.92. The summed E-state index contributed by atoms with van der Waals surface area (Å²) < 4.78 is 34.4. The highest BCUT2D eigenvalue weighted by Crippen LogP contribution is 2.20. The Kier molecular flexibility index (Phi) is 4.85. The fraction of sp³-hybridized carbons (Fsp3) is 0.389. The molecule has 134 valence electrons. The first-order valence-electron chi connectivity index (χ1n) is 8.10. The summed E-state index contributed by atoms with van der Waals surface area (Å²) in [6, 6.07) is 10.7. The van der Waals surface area contributed by atoms with Crippen LogP contribution in [0.1, 0.15) is 28.3 Å². The monoisotopic (exact) mass is 363 g/mol. The Hall–Kier alpha value is -2.28. The van der Waals surface area contributed by atoms with E-state index in [1.807, 2.05) is 31.2 Å². The summed E-state index contributed by atoms with van der Waals surface area (Å²) >= 11 is 0. The zero-order valence-electron chi connectivity index (χ0n) is 14.3. The van der Waals surface area contributed by atoms with Crippen molar-refractivity contribution in [3.8, 4) is 5.75 Å². The van der Waals surface area contributed by atoms with E-state index in [9.17, 15) is 13.2 Å². The van der Waals surface area contributed by atoms with Gasteiger partial charge in [-0.1, -0.05) is 12.1 Å². The summed E-state index contributed by atoms with van der Waals surface area (Å²) in [6.45, 7) is 2.20. The molecule has 1 fully saturated rings. The van der Waals surface area contributed by atoms with E-state index in [2.05, 4.69) is 0 Å². The molecule has 1 unspecified atom stereocenters. The van der Waals surface area contributed by atoms with E-state index >= 15 is 0 Å². The van der Waals surface area contributed by atoms with Gasteiger partial charge in [-0.2, -0.15) is 0 Å². The van der Waals surface area contributed by atoms with E-state index in [0.29, 0.717) is 12.2 Å². The summed E-state index contributed by atoms with van der Waals surface area (Å²) in [5, 5.41) is 0. The van der Waals surface area contributed by atoms with Gasteiger partial charge in [0.2, 0.25) is 0 Å². The zero-order chi connectivity index (χ0) is 18.0. The highest BCUT2D eigenvalue weighted by Gasteiger charge is 2.33. The van der Waals surface area contributed by atoms with Crippen LogP contribution in [0.2, 0.25) is 0 Å². The third-order valence-corrected chi connectivity index (χ3v) is 6.07. The van der Waals surface area contributed by atoms with Crippen LogP contribution >= 0.6 is 0 Å². The maximum absolute atomic E-state index is 12.5. The van der Waals surface area contributed by atoms with Crippen LogP contribution in [0, 0.1) is 6.92 Å². The largest absolute Gasteiger partial charge is 0.486 e. The minimum absolute atomic E-state index is 0.0132. The fourth-order valence-electron chi connectivity index (χ4n) is 2.85. The number of hydrogen-bond donors (Lipinski definition) is 0. The van der Waals surface area contributed by atoms with Gasteiger partial charge in [-0.05, 0) is 43.2 Å². The average molecular weight is 363 g/mol. The molecule has 6 nitrogen and oxygen atoms in total. The summed E-state index contributed by atoms with van der Waals surface area (Å²) in [6.07, 6.45) is 0.467. The number of carbonyl (C=O) groups is 1. The summed E-state index contributed by atoms with van der Waals surface area (Å²) in [7, 11) is -1.43. The number of benzene rings is 1. The smallest absolute Gasteiger partial charge is 0.289 e. The molecule has 1 aromatic heterocycles. The molecule has 2 aromatic rings. The molecule has 1 aromatic carbocycles. The number of hydrogen-bond acceptors (Lipinski definition) is 5. The second-order valence-corrected chi connectivity index (χ2v) is 8.57. The van der Waals surface area contributed by atoms with Crippen molar-refractivity contribution in [1.29, 1.82) is 0 Å². The number of rotatable bonds is 5. The van der Waals surface area contributed by atoms with Gasteiger partial charge in [0.25, 0.3) is 5.91 Å². The standard InChI is InChI=1S/C18H21NO5S/c1-13-4-3-5-15(10-13)23-11-16-6-7-17(24-16)18(20)19(2)14-8-9-25(21,22)12-14/h3-7,10,14H,8-9,11-12H2,1-2H3. The first-order chi connectivity index (χ1) is 11.8. The molecule has 25 heavy (non-hydrogen) atoms. The van der Waals surface area contributed by atoms with Crippen molar-refractivity contribution in [1.82, 2.24) is 4.90 Å². The first-order valence-corrected chi connectivity index (χ1v) is 9.92. The number of aryl methyl sites for hydroxylation is 1. The Morgan fingerprint density at radius 3 is 2.80 bits per heavy atom. The molecule has 0 aliphatic carbocycles. The van der Waals surface area contributed by atoms with Crippen molar-refractivity contribution in [3.63, 3.8) is 0 Å². The third kappa shape index (κ3) is 4.22. The van der Waals surface area contributed by atoms with Crippen LogP contribution in [-0.2, 0) is 16.4 Å². The molecule has 0 spiro atoms. The van der Waals surface area contributed by atoms with Gasteiger partial charge in [-0.15, -0.1) is 0 Å². The Bertz CT molecular complexity index is 871. The van der Waals surface area contributed by atoms with Gasteiger partial charge >= 0.3 is 0 Å². The van der Waals surface area contributed by atoms with Gasteiger partial charge in [0.05, 0.1) is 11.5 Å². The van der Waals surface area contributed by atoms with Crippen molar-refractivity contribution >= 4 is 15.7 Å². The van der Waals surface area contributed by atoms with Crippen LogP contribution in [0.4, 0.5) is 0 Å². The molecular formula is C18H21NO5S.